The van der Waals surface area contributed by atoms with Crippen molar-refractivity contribution in [2.24, 2.45) is 17.8 Å². The van der Waals surface area contributed by atoms with Crippen molar-refractivity contribution in [1.82, 2.24) is 0 Å². The van der Waals surface area contributed by atoms with Crippen LogP contribution < -0.4 is 0 Å². The fourth-order valence-corrected chi connectivity index (χ4v) is 9.20. The minimum Gasteiger partial charge on any atom is -0.455 e. The molecule has 2 saturated carbocycles. The highest BCUT2D eigenvalue weighted by Crippen LogP contribution is 2.74. The number of ether oxygens (including phenoxy) is 5. The van der Waals surface area contributed by atoms with Crippen molar-refractivity contribution in [3.05, 3.63) is 102 Å². The van der Waals surface area contributed by atoms with Gasteiger partial charge < -0.3 is 39.0 Å². The summed E-state index contributed by atoms with van der Waals surface area (Å²) in [4.78, 5) is 27.4. The van der Waals surface area contributed by atoms with Crippen LogP contribution in [0.1, 0.15) is 31.9 Å². The van der Waals surface area contributed by atoms with E-state index in [1.165, 1.54) is 6.08 Å². The minimum atomic E-state index is -2.43. The van der Waals surface area contributed by atoms with Gasteiger partial charge in [0, 0.05) is 29.4 Å². The van der Waals surface area contributed by atoms with Crippen molar-refractivity contribution in [3.63, 3.8) is 0 Å². The fourth-order valence-electron chi connectivity index (χ4n) is 9.20. The van der Waals surface area contributed by atoms with Crippen LogP contribution in [0.15, 0.2) is 90.5 Å². The number of epoxide rings is 1. The van der Waals surface area contributed by atoms with Gasteiger partial charge in [-0.2, -0.15) is 0 Å². The summed E-state index contributed by atoms with van der Waals surface area (Å²) in [5, 5.41) is 34.9. The molecular weight excluding hydrogens is 592 g/mol. The standard InChI is InChI=1S/C36H36O10/c1-19(2)34-28(42-25(38)16-15-22-11-7-5-8-12-22)21(4)35-24-17-20(3)27(39)33(24,41)31(40)32(18-37)29(43-32)26(35)30(34)44-36(45-34,46-35)23-13-9-6-10-14-23/h5-17,21,24,26,28-31,37,40-41H,1,18H2,2-4H3/b16-15+/t21-,24-,26+,28-,29+,30-,31-,32-,33+,34-,35+,36?/m1/s1. The third-order valence-electron chi connectivity index (χ3n) is 11.3. The lowest BCUT2D eigenvalue weighted by Crippen LogP contribution is -2.76. The SMILES string of the molecule is C=C(C)[C@]12OC3(c4ccccc4)O[C@@H]1[C@@H]1[C@@H]4O[C@@]4(CO)[C@@H](O)[C@@]4(O)C(=O)C(C)=C[C@H]4[C@@]1(O3)[C@H](C)[C@H]2OC(=O)/C=C/c1ccccc1. The Hall–Kier alpha value is -3.48. The number of fused-ring (bicyclic) bond motifs is 3. The summed E-state index contributed by atoms with van der Waals surface area (Å²) in [5.41, 5.74) is -5.12. The van der Waals surface area contributed by atoms with Crippen molar-refractivity contribution in [3.8, 4) is 0 Å². The average Bonchev–Trinajstić information content (AvgIpc) is 3.68. The maximum absolute atomic E-state index is 13.8. The van der Waals surface area contributed by atoms with Crippen LogP contribution in [0, 0.1) is 17.8 Å². The van der Waals surface area contributed by atoms with Crippen LogP contribution in [0.2, 0.25) is 0 Å². The molecule has 3 aliphatic heterocycles. The number of esters is 1. The first kappa shape index (κ1) is 29.9. The molecule has 0 radical (unpaired) electrons. The van der Waals surface area contributed by atoms with Crippen molar-refractivity contribution >= 4 is 17.8 Å². The summed E-state index contributed by atoms with van der Waals surface area (Å²) in [5.74, 6) is -5.94. The molecule has 3 N–H and O–H groups in total. The van der Waals surface area contributed by atoms with E-state index in [1.54, 1.807) is 50.3 Å². The van der Waals surface area contributed by atoms with E-state index in [2.05, 4.69) is 6.58 Å². The molecule has 12 atom stereocenters. The number of hydrogen-bond acceptors (Lipinski definition) is 10. The number of ketones is 1. The summed E-state index contributed by atoms with van der Waals surface area (Å²) in [7, 11) is 0. The summed E-state index contributed by atoms with van der Waals surface area (Å²) < 4.78 is 33.3. The van der Waals surface area contributed by atoms with Gasteiger partial charge in [-0.25, -0.2) is 4.79 Å². The first-order chi connectivity index (χ1) is 21.9. The number of benzene rings is 2. The second-order valence-corrected chi connectivity index (χ2v) is 13.5. The molecule has 3 bridgehead atoms. The Morgan fingerprint density at radius 1 is 1.04 bits per heavy atom. The van der Waals surface area contributed by atoms with E-state index in [0.717, 1.165) is 5.56 Å². The molecule has 3 aliphatic carbocycles. The molecular formula is C36H36O10. The summed E-state index contributed by atoms with van der Waals surface area (Å²) in [6.07, 6.45) is -0.138. The zero-order valence-corrected chi connectivity index (χ0v) is 25.7. The molecule has 10 heteroatoms. The summed E-state index contributed by atoms with van der Waals surface area (Å²) in [6.45, 7) is 8.80. The van der Waals surface area contributed by atoms with Crippen LogP contribution in [0.5, 0.6) is 0 Å². The predicted octanol–water partition coefficient (Wildman–Crippen LogP) is 2.57. The van der Waals surface area contributed by atoms with Gasteiger partial charge in [0.1, 0.15) is 30.0 Å². The lowest BCUT2D eigenvalue weighted by molar-refractivity contribution is -0.440. The lowest BCUT2D eigenvalue weighted by atomic mass is 9.53. The van der Waals surface area contributed by atoms with E-state index < -0.39 is 88.9 Å². The Morgan fingerprint density at radius 3 is 2.37 bits per heavy atom. The van der Waals surface area contributed by atoms with Crippen LogP contribution in [0.25, 0.3) is 6.08 Å². The largest absolute Gasteiger partial charge is 0.455 e. The van der Waals surface area contributed by atoms with Gasteiger partial charge in [0.05, 0.1) is 12.2 Å². The van der Waals surface area contributed by atoms with Gasteiger partial charge in [-0.3, -0.25) is 4.79 Å². The number of Topliss-reactive ketones (excluding diaryl/α,β-unsaturated/α-hetero) is 1. The van der Waals surface area contributed by atoms with E-state index in [4.69, 9.17) is 23.7 Å². The Bertz CT molecular complexity index is 1710. The van der Waals surface area contributed by atoms with Gasteiger partial charge in [0.25, 0.3) is 0 Å². The topological polar surface area (TPSA) is 144 Å². The number of aliphatic hydroxyl groups excluding tert-OH is 2. The van der Waals surface area contributed by atoms with Crippen molar-refractivity contribution in [2.45, 2.75) is 73.6 Å². The minimum absolute atomic E-state index is 0.229. The van der Waals surface area contributed by atoms with E-state index in [0.29, 0.717) is 11.1 Å². The van der Waals surface area contributed by atoms with Crippen LogP contribution >= 0.6 is 0 Å². The second-order valence-electron chi connectivity index (χ2n) is 13.5. The molecule has 0 amide bonds. The molecule has 2 aromatic carbocycles. The molecule has 6 aliphatic rings. The lowest BCUT2D eigenvalue weighted by Gasteiger charge is -2.61. The first-order valence-corrected chi connectivity index (χ1v) is 15.6. The predicted molar refractivity (Wildman–Crippen MR) is 161 cm³/mol. The van der Waals surface area contributed by atoms with Gasteiger partial charge >= 0.3 is 11.9 Å². The molecule has 3 heterocycles. The quantitative estimate of drug-likeness (QED) is 0.189. The van der Waals surface area contributed by atoms with Crippen molar-refractivity contribution in [1.29, 1.82) is 0 Å². The Morgan fingerprint density at radius 2 is 1.72 bits per heavy atom. The molecule has 46 heavy (non-hydrogen) atoms. The van der Waals surface area contributed by atoms with Gasteiger partial charge in [-0.1, -0.05) is 80.2 Å². The molecule has 240 valence electrons. The van der Waals surface area contributed by atoms with Crippen LogP contribution in [0.3, 0.4) is 0 Å². The number of rotatable bonds is 6. The Kier molecular flexibility index (Phi) is 6.20. The molecule has 0 spiro atoms. The third-order valence-corrected chi connectivity index (χ3v) is 11.3. The highest BCUT2D eigenvalue weighted by Gasteiger charge is 2.90. The Balaban J connectivity index is 1.35. The van der Waals surface area contributed by atoms with E-state index in [-0.39, 0.29) is 5.57 Å². The Labute approximate surface area is 265 Å². The average molecular weight is 629 g/mol. The number of carbonyl (C=O) groups excluding carboxylic acids is 2. The number of carbonyl (C=O) groups is 2. The van der Waals surface area contributed by atoms with E-state index in [1.807, 2.05) is 43.3 Å². The molecule has 3 saturated heterocycles. The smallest absolute Gasteiger partial charge is 0.331 e. The monoisotopic (exact) mass is 628 g/mol. The molecule has 0 aromatic heterocycles. The van der Waals surface area contributed by atoms with Crippen LogP contribution in [-0.2, 0) is 39.2 Å². The highest BCUT2D eigenvalue weighted by atomic mass is 16.9. The third kappa shape index (κ3) is 3.40. The van der Waals surface area contributed by atoms with Crippen molar-refractivity contribution in [2.75, 3.05) is 6.61 Å². The van der Waals surface area contributed by atoms with Crippen LogP contribution in [0.4, 0.5) is 0 Å². The molecule has 10 nitrogen and oxygen atoms in total. The normalized spacial score (nSPS) is 46.3. The molecule has 1 unspecified atom stereocenters. The maximum atomic E-state index is 13.8. The van der Waals surface area contributed by atoms with Gasteiger partial charge in [-0.05, 0) is 36.6 Å². The number of hydrogen-bond donors (Lipinski definition) is 3. The van der Waals surface area contributed by atoms with Crippen LogP contribution in [-0.4, -0.2) is 80.5 Å². The first-order valence-electron chi connectivity index (χ1n) is 15.6. The number of aliphatic hydroxyl groups is 3. The summed E-state index contributed by atoms with van der Waals surface area (Å²) in [6, 6.07) is 18.3. The van der Waals surface area contributed by atoms with E-state index in [9.17, 15) is 24.9 Å². The zero-order chi connectivity index (χ0) is 32.4. The van der Waals surface area contributed by atoms with Gasteiger partial charge in [0.15, 0.2) is 17.0 Å². The zero-order valence-electron chi connectivity index (χ0n) is 25.7. The molecule has 5 fully saturated rings. The fraction of sp³-hybridized carbons (Fsp3) is 0.444. The highest BCUT2D eigenvalue weighted by molar-refractivity contribution is 6.05. The second kappa shape index (κ2) is 9.54. The van der Waals surface area contributed by atoms with Crippen molar-refractivity contribution < 1.29 is 48.6 Å². The summed E-state index contributed by atoms with van der Waals surface area (Å²) >= 11 is 0. The maximum Gasteiger partial charge on any atom is 0.331 e. The van der Waals surface area contributed by atoms with E-state index >= 15 is 0 Å². The van der Waals surface area contributed by atoms with Gasteiger partial charge in [0.2, 0.25) is 0 Å². The molecule has 2 aromatic rings. The molecule has 8 rings (SSSR count). The van der Waals surface area contributed by atoms with Gasteiger partial charge in [-0.15, -0.1) is 0 Å².